The molecule has 0 aliphatic carbocycles. The van der Waals surface area contributed by atoms with Gasteiger partial charge in [0.2, 0.25) is 0 Å². The summed E-state index contributed by atoms with van der Waals surface area (Å²) >= 11 is 0. The molecule has 1 aromatic carbocycles. The van der Waals surface area contributed by atoms with E-state index in [4.69, 9.17) is 10.5 Å². The van der Waals surface area contributed by atoms with Gasteiger partial charge in [-0.15, -0.1) is 10.2 Å². The fourth-order valence-corrected chi connectivity index (χ4v) is 2.03. The van der Waals surface area contributed by atoms with Crippen LogP contribution in [0.2, 0.25) is 0 Å². The van der Waals surface area contributed by atoms with Crippen LogP contribution in [0.5, 0.6) is 5.75 Å². The van der Waals surface area contributed by atoms with Gasteiger partial charge in [-0.3, -0.25) is 4.40 Å². The molecule has 2 N–H and O–H groups in total. The fraction of sp³-hybridized carbons (Fsp3) is 0.143. The van der Waals surface area contributed by atoms with Crippen LogP contribution in [-0.4, -0.2) is 21.7 Å². The summed E-state index contributed by atoms with van der Waals surface area (Å²) in [5.74, 6) is 1.54. The zero-order chi connectivity index (χ0) is 13.4. The maximum atomic E-state index is 6.02. The number of anilines is 1. The van der Waals surface area contributed by atoms with Gasteiger partial charge in [0, 0.05) is 11.8 Å². The van der Waals surface area contributed by atoms with Gasteiger partial charge in [0.15, 0.2) is 11.5 Å². The fourth-order valence-electron chi connectivity index (χ4n) is 2.03. The van der Waals surface area contributed by atoms with Crippen molar-refractivity contribution in [2.45, 2.75) is 6.92 Å². The number of nitrogens with two attached hydrogens (primary N) is 1. The number of nitrogens with zero attached hydrogens (tertiary/aromatic N) is 3. The maximum absolute atomic E-state index is 6.02. The van der Waals surface area contributed by atoms with Gasteiger partial charge < -0.3 is 10.5 Å². The maximum Gasteiger partial charge on any atom is 0.184 e. The normalized spacial score (nSPS) is 10.8. The van der Waals surface area contributed by atoms with E-state index in [1.54, 1.807) is 7.11 Å². The van der Waals surface area contributed by atoms with E-state index in [9.17, 15) is 0 Å². The predicted octanol–water partition coefficient (Wildman–Crippen LogP) is 2.30. The summed E-state index contributed by atoms with van der Waals surface area (Å²) < 4.78 is 7.11. The van der Waals surface area contributed by atoms with E-state index in [0.717, 1.165) is 22.7 Å². The minimum absolute atomic E-state index is 0.657. The van der Waals surface area contributed by atoms with Crippen molar-refractivity contribution in [1.82, 2.24) is 14.6 Å². The van der Waals surface area contributed by atoms with Crippen LogP contribution in [0.15, 0.2) is 36.5 Å². The Morgan fingerprint density at radius 2 is 2.05 bits per heavy atom. The van der Waals surface area contributed by atoms with E-state index < -0.39 is 0 Å². The lowest BCUT2D eigenvalue weighted by atomic mass is 10.2. The molecule has 5 nitrogen and oxygen atoms in total. The second-order valence-electron chi connectivity index (χ2n) is 4.36. The standard InChI is InChI=1S/C14H14N4O/c1-9-6-7-18-13(16-17-14(18)12(9)15)10-4-3-5-11(8-10)19-2/h3-8H,15H2,1-2H3. The van der Waals surface area contributed by atoms with Crippen molar-refractivity contribution in [3.63, 3.8) is 0 Å². The van der Waals surface area contributed by atoms with E-state index in [-0.39, 0.29) is 0 Å². The lowest BCUT2D eigenvalue weighted by Crippen LogP contribution is -1.96. The van der Waals surface area contributed by atoms with Gasteiger partial charge in [0.05, 0.1) is 12.8 Å². The lowest BCUT2D eigenvalue weighted by molar-refractivity contribution is 0.415. The molecule has 0 saturated heterocycles. The number of aryl methyl sites for hydroxylation is 1. The molecule has 0 atom stereocenters. The molecule has 0 amide bonds. The molecule has 2 heterocycles. The van der Waals surface area contributed by atoms with Crippen molar-refractivity contribution in [1.29, 1.82) is 0 Å². The first-order valence-corrected chi connectivity index (χ1v) is 5.95. The Morgan fingerprint density at radius 3 is 2.84 bits per heavy atom. The number of benzene rings is 1. The molecule has 2 aromatic heterocycles. The minimum atomic E-state index is 0.657. The third-order valence-corrected chi connectivity index (χ3v) is 3.16. The van der Waals surface area contributed by atoms with Crippen LogP contribution in [0.1, 0.15) is 5.56 Å². The highest BCUT2D eigenvalue weighted by atomic mass is 16.5. The van der Waals surface area contributed by atoms with Gasteiger partial charge in [-0.1, -0.05) is 12.1 Å². The number of aromatic nitrogens is 3. The van der Waals surface area contributed by atoms with Crippen molar-refractivity contribution in [2.24, 2.45) is 0 Å². The number of ether oxygens (including phenoxy) is 1. The molecule has 19 heavy (non-hydrogen) atoms. The monoisotopic (exact) mass is 254 g/mol. The van der Waals surface area contributed by atoms with Crippen LogP contribution in [0.3, 0.4) is 0 Å². The van der Waals surface area contributed by atoms with Gasteiger partial charge in [-0.2, -0.15) is 0 Å². The summed E-state index contributed by atoms with van der Waals surface area (Å²) in [6.45, 7) is 1.95. The highest BCUT2D eigenvalue weighted by Crippen LogP contribution is 2.25. The minimum Gasteiger partial charge on any atom is -0.497 e. The summed E-state index contributed by atoms with van der Waals surface area (Å²) in [5.41, 5.74) is 9.29. The Labute approximate surface area is 110 Å². The molecule has 96 valence electrons. The van der Waals surface area contributed by atoms with E-state index >= 15 is 0 Å². The molecule has 0 radical (unpaired) electrons. The average Bonchev–Trinajstić information content (AvgIpc) is 2.87. The summed E-state index contributed by atoms with van der Waals surface area (Å²) in [7, 11) is 1.64. The molecule has 0 saturated carbocycles. The molecule has 0 bridgehead atoms. The summed E-state index contributed by atoms with van der Waals surface area (Å²) in [4.78, 5) is 0. The van der Waals surface area contributed by atoms with Crippen LogP contribution in [0.4, 0.5) is 5.69 Å². The number of fused-ring (bicyclic) bond motifs is 1. The second-order valence-corrected chi connectivity index (χ2v) is 4.36. The Kier molecular flexibility index (Phi) is 2.59. The van der Waals surface area contributed by atoms with Gasteiger partial charge in [-0.05, 0) is 30.7 Å². The Bertz CT molecular complexity index is 748. The van der Waals surface area contributed by atoms with Gasteiger partial charge in [0.25, 0.3) is 0 Å². The van der Waals surface area contributed by atoms with E-state index in [1.807, 2.05) is 47.9 Å². The number of methoxy groups -OCH3 is 1. The van der Waals surface area contributed by atoms with Crippen LogP contribution in [0, 0.1) is 6.92 Å². The lowest BCUT2D eigenvalue weighted by Gasteiger charge is -2.05. The molecule has 0 aliphatic heterocycles. The molecular formula is C14H14N4O. The summed E-state index contributed by atoms with van der Waals surface area (Å²) in [6.07, 6.45) is 1.93. The number of pyridine rings is 1. The molecule has 0 spiro atoms. The van der Waals surface area contributed by atoms with Crippen LogP contribution < -0.4 is 10.5 Å². The van der Waals surface area contributed by atoms with Gasteiger partial charge in [-0.25, -0.2) is 0 Å². The predicted molar refractivity (Wildman–Crippen MR) is 74.1 cm³/mol. The Balaban J connectivity index is 2.23. The zero-order valence-corrected chi connectivity index (χ0v) is 10.8. The Morgan fingerprint density at radius 1 is 1.21 bits per heavy atom. The van der Waals surface area contributed by atoms with Crippen molar-refractivity contribution >= 4 is 11.3 Å². The number of rotatable bonds is 2. The van der Waals surface area contributed by atoms with Crippen molar-refractivity contribution in [3.8, 4) is 17.1 Å². The van der Waals surface area contributed by atoms with Gasteiger partial charge in [0.1, 0.15) is 5.75 Å². The first-order chi connectivity index (χ1) is 9.20. The summed E-state index contributed by atoms with van der Waals surface area (Å²) in [5, 5.41) is 8.38. The third-order valence-electron chi connectivity index (χ3n) is 3.16. The highest BCUT2D eigenvalue weighted by Gasteiger charge is 2.11. The topological polar surface area (TPSA) is 65.4 Å². The largest absolute Gasteiger partial charge is 0.497 e. The van der Waals surface area contributed by atoms with E-state index in [2.05, 4.69) is 10.2 Å². The Hall–Kier alpha value is -2.56. The van der Waals surface area contributed by atoms with Crippen LogP contribution in [-0.2, 0) is 0 Å². The number of hydrogen-bond acceptors (Lipinski definition) is 4. The van der Waals surface area contributed by atoms with Crippen LogP contribution in [0.25, 0.3) is 17.0 Å². The zero-order valence-electron chi connectivity index (χ0n) is 10.8. The first kappa shape index (κ1) is 11.5. The quantitative estimate of drug-likeness (QED) is 0.762. The molecular weight excluding hydrogens is 240 g/mol. The van der Waals surface area contributed by atoms with E-state index in [0.29, 0.717) is 11.3 Å². The smallest absolute Gasteiger partial charge is 0.184 e. The molecule has 0 fully saturated rings. The highest BCUT2D eigenvalue weighted by molar-refractivity contribution is 5.72. The second kappa shape index (κ2) is 4.28. The molecule has 3 aromatic rings. The number of hydrogen-bond donors (Lipinski definition) is 1. The average molecular weight is 254 g/mol. The molecule has 3 rings (SSSR count). The molecule has 5 heteroatoms. The van der Waals surface area contributed by atoms with Crippen LogP contribution >= 0.6 is 0 Å². The SMILES string of the molecule is COc1cccc(-c2nnc3c(N)c(C)ccn23)c1. The number of nitrogen functional groups attached to an aromatic ring is 1. The first-order valence-electron chi connectivity index (χ1n) is 5.95. The van der Waals surface area contributed by atoms with Crippen molar-refractivity contribution in [2.75, 3.05) is 12.8 Å². The van der Waals surface area contributed by atoms with E-state index in [1.165, 1.54) is 0 Å². The third kappa shape index (κ3) is 1.79. The summed E-state index contributed by atoms with van der Waals surface area (Å²) in [6, 6.07) is 9.66. The van der Waals surface area contributed by atoms with Crippen molar-refractivity contribution < 1.29 is 4.74 Å². The van der Waals surface area contributed by atoms with Crippen molar-refractivity contribution in [3.05, 3.63) is 42.1 Å². The molecule has 0 aliphatic rings. The van der Waals surface area contributed by atoms with Gasteiger partial charge >= 0.3 is 0 Å². The molecule has 0 unspecified atom stereocenters.